The third-order valence-electron chi connectivity index (χ3n) is 4.00. The Balaban J connectivity index is 2.19. The molecule has 6 heteroatoms. The SMILES string of the molecule is COc1ccc(C(=O)O)cc1NC(=O)C1CCCC1CN. The average molecular weight is 292 g/mol. The van der Waals surface area contributed by atoms with Gasteiger partial charge < -0.3 is 20.9 Å². The van der Waals surface area contributed by atoms with Gasteiger partial charge in [-0.25, -0.2) is 4.79 Å². The number of rotatable bonds is 5. The number of ether oxygens (including phenoxy) is 1. The summed E-state index contributed by atoms with van der Waals surface area (Å²) in [5.74, 6) is -0.653. The van der Waals surface area contributed by atoms with Crippen LogP contribution in [0.3, 0.4) is 0 Å². The van der Waals surface area contributed by atoms with Gasteiger partial charge in [0, 0.05) is 5.92 Å². The molecule has 6 nitrogen and oxygen atoms in total. The summed E-state index contributed by atoms with van der Waals surface area (Å²) in [5.41, 5.74) is 6.18. The molecular formula is C15H20N2O4. The van der Waals surface area contributed by atoms with Crippen molar-refractivity contribution in [2.75, 3.05) is 19.0 Å². The Hall–Kier alpha value is -2.08. The average Bonchev–Trinajstić information content (AvgIpc) is 2.95. The summed E-state index contributed by atoms with van der Waals surface area (Å²) in [4.78, 5) is 23.4. The van der Waals surface area contributed by atoms with Crippen LogP contribution in [-0.4, -0.2) is 30.6 Å². The molecule has 114 valence electrons. The lowest BCUT2D eigenvalue weighted by Gasteiger charge is -2.18. The highest BCUT2D eigenvalue weighted by Gasteiger charge is 2.32. The monoisotopic (exact) mass is 292 g/mol. The predicted molar refractivity (Wildman–Crippen MR) is 78.5 cm³/mol. The summed E-state index contributed by atoms with van der Waals surface area (Å²) in [5, 5.41) is 11.8. The van der Waals surface area contributed by atoms with Gasteiger partial charge in [0.25, 0.3) is 0 Å². The molecule has 1 aliphatic carbocycles. The van der Waals surface area contributed by atoms with Crippen molar-refractivity contribution in [2.24, 2.45) is 17.6 Å². The first-order valence-corrected chi connectivity index (χ1v) is 6.99. The molecule has 1 fully saturated rings. The number of benzene rings is 1. The Labute approximate surface area is 123 Å². The van der Waals surface area contributed by atoms with Crippen molar-refractivity contribution in [1.82, 2.24) is 0 Å². The minimum atomic E-state index is -1.05. The molecule has 0 bridgehead atoms. The fourth-order valence-corrected chi connectivity index (χ4v) is 2.83. The number of amides is 1. The molecule has 1 amide bonds. The largest absolute Gasteiger partial charge is 0.495 e. The summed E-state index contributed by atoms with van der Waals surface area (Å²) in [6.07, 6.45) is 2.77. The van der Waals surface area contributed by atoms with E-state index in [1.807, 2.05) is 0 Å². The van der Waals surface area contributed by atoms with E-state index in [0.717, 1.165) is 19.3 Å². The van der Waals surface area contributed by atoms with Crippen molar-refractivity contribution in [3.8, 4) is 5.75 Å². The normalized spacial score (nSPS) is 21.0. The Morgan fingerprint density at radius 3 is 2.81 bits per heavy atom. The number of nitrogens with two attached hydrogens (primary N) is 1. The molecule has 0 spiro atoms. The molecule has 1 saturated carbocycles. The van der Waals surface area contributed by atoms with Crippen molar-refractivity contribution < 1.29 is 19.4 Å². The third-order valence-corrected chi connectivity index (χ3v) is 4.00. The number of methoxy groups -OCH3 is 1. The first-order chi connectivity index (χ1) is 10.1. The molecule has 0 aliphatic heterocycles. The smallest absolute Gasteiger partial charge is 0.335 e. The van der Waals surface area contributed by atoms with Crippen LogP contribution in [0.5, 0.6) is 5.75 Å². The van der Waals surface area contributed by atoms with E-state index in [4.69, 9.17) is 15.6 Å². The van der Waals surface area contributed by atoms with Gasteiger partial charge in [0.05, 0.1) is 18.4 Å². The van der Waals surface area contributed by atoms with E-state index in [9.17, 15) is 9.59 Å². The van der Waals surface area contributed by atoms with Crippen LogP contribution in [0.15, 0.2) is 18.2 Å². The first-order valence-electron chi connectivity index (χ1n) is 6.99. The Kier molecular flexibility index (Phi) is 4.80. The second-order valence-corrected chi connectivity index (χ2v) is 5.24. The van der Waals surface area contributed by atoms with Crippen LogP contribution in [0.2, 0.25) is 0 Å². The highest BCUT2D eigenvalue weighted by molar-refractivity contribution is 5.96. The fourth-order valence-electron chi connectivity index (χ4n) is 2.83. The van der Waals surface area contributed by atoms with Crippen LogP contribution in [-0.2, 0) is 4.79 Å². The molecule has 2 unspecified atom stereocenters. The summed E-state index contributed by atoms with van der Waals surface area (Å²) in [6, 6.07) is 4.38. The number of carbonyl (C=O) groups excluding carboxylic acids is 1. The van der Waals surface area contributed by atoms with E-state index in [2.05, 4.69) is 5.32 Å². The third kappa shape index (κ3) is 3.33. The number of carbonyl (C=O) groups is 2. The van der Waals surface area contributed by atoms with Gasteiger partial charge in [-0.05, 0) is 43.5 Å². The second kappa shape index (κ2) is 6.58. The molecule has 0 heterocycles. The minimum Gasteiger partial charge on any atom is -0.495 e. The first kappa shape index (κ1) is 15.3. The van der Waals surface area contributed by atoms with E-state index in [1.165, 1.54) is 25.3 Å². The van der Waals surface area contributed by atoms with Crippen LogP contribution in [0.4, 0.5) is 5.69 Å². The minimum absolute atomic E-state index is 0.105. The number of hydrogen-bond donors (Lipinski definition) is 3. The van der Waals surface area contributed by atoms with Crippen LogP contribution in [0, 0.1) is 11.8 Å². The maximum Gasteiger partial charge on any atom is 0.335 e. The zero-order valence-corrected chi connectivity index (χ0v) is 12.0. The van der Waals surface area contributed by atoms with E-state index in [0.29, 0.717) is 18.0 Å². The molecule has 0 radical (unpaired) electrons. The molecule has 2 rings (SSSR count). The zero-order chi connectivity index (χ0) is 15.4. The number of anilines is 1. The fraction of sp³-hybridized carbons (Fsp3) is 0.467. The summed E-state index contributed by atoms with van der Waals surface area (Å²) in [7, 11) is 1.48. The lowest BCUT2D eigenvalue weighted by molar-refractivity contribution is -0.120. The molecule has 1 aromatic rings. The van der Waals surface area contributed by atoms with Crippen molar-refractivity contribution in [3.05, 3.63) is 23.8 Å². The number of carboxylic acid groups (broad SMARTS) is 1. The highest BCUT2D eigenvalue weighted by Crippen LogP contribution is 2.33. The van der Waals surface area contributed by atoms with Gasteiger partial charge in [-0.1, -0.05) is 6.42 Å². The summed E-state index contributed by atoms with van der Waals surface area (Å²) >= 11 is 0. The van der Waals surface area contributed by atoms with Crippen LogP contribution in [0.25, 0.3) is 0 Å². The number of aromatic carboxylic acids is 1. The molecule has 0 aromatic heterocycles. The van der Waals surface area contributed by atoms with Crippen molar-refractivity contribution in [3.63, 3.8) is 0 Å². The van der Waals surface area contributed by atoms with Crippen molar-refractivity contribution in [1.29, 1.82) is 0 Å². The van der Waals surface area contributed by atoms with Gasteiger partial charge in [-0.3, -0.25) is 4.79 Å². The van der Waals surface area contributed by atoms with E-state index in [1.54, 1.807) is 0 Å². The molecular weight excluding hydrogens is 272 g/mol. The van der Waals surface area contributed by atoms with Gasteiger partial charge in [0.1, 0.15) is 5.75 Å². The Morgan fingerprint density at radius 2 is 2.19 bits per heavy atom. The maximum absolute atomic E-state index is 12.4. The van der Waals surface area contributed by atoms with Gasteiger partial charge in [0.2, 0.25) is 5.91 Å². The standard InChI is InChI=1S/C15H20N2O4/c1-21-13-6-5-9(15(19)20)7-12(13)17-14(18)11-4-2-3-10(11)8-16/h5-7,10-11H,2-4,8,16H2,1H3,(H,17,18)(H,19,20). The molecule has 21 heavy (non-hydrogen) atoms. The van der Waals surface area contributed by atoms with Crippen LogP contribution in [0.1, 0.15) is 29.6 Å². The second-order valence-electron chi connectivity index (χ2n) is 5.24. The van der Waals surface area contributed by atoms with E-state index < -0.39 is 5.97 Å². The molecule has 1 aliphatic rings. The van der Waals surface area contributed by atoms with Gasteiger partial charge >= 0.3 is 5.97 Å². The quantitative estimate of drug-likeness (QED) is 0.766. The summed E-state index contributed by atoms with van der Waals surface area (Å²) in [6.45, 7) is 0.490. The Bertz CT molecular complexity index is 544. The molecule has 0 saturated heterocycles. The Morgan fingerprint density at radius 1 is 1.43 bits per heavy atom. The maximum atomic E-state index is 12.4. The van der Waals surface area contributed by atoms with Gasteiger partial charge in [0.15, 0.2) is 0 Å². The lowest BCUT2D eigenvalue weighted by atomic mass is 9.95. The number of nitrogens with one attached hydrogen (secondary N) is 1. The topological polar surface area (TPSA) is 102 Å². The van der Waals surface area contributed by atoms with Gasteiger partial charge in [-0.2, -0.15) is 0 Å². The van der Waals surface area contributed by atoms with Crippen LogP contribution >= 0.6 is 0 Å². The molecule has 4 N–H and O–H groups in total. The van der Waals surface area contributed by atoms with E-state index in [-0.39, 0.29) is 23.3 Å². The van der Waals surface area contributed by atoms with Crippen molar-refractivity contribution >= 4 is 17.6 Å². The molecule has 2 atom stereocenters. The van der Waals surface area contributed by atoms with Gasteiger partial charge in [-0.15, -0.1) is 0 Å². The number of hydrogen-bond acceptors (Lipinski definition) is 4. The van der Waals surface area contributed by atoms with Crippen molar-refractivity contribution in [2.45, 2.75) is 19.3 Å². The highest BCUT2D eigenvalue weighted by atomic mass is 16.5. The predicted octanol–water partition coefficient (Wildman–Crippen LogP) is 1.71. The van der Waals surface area contributed by atoms with E-state index >= 15 is 0 Å². The number of carboxylic acids is 1. The summed E-state index contributed by atoms with van der Waals surface area (Å²) < 4.78 is 5.16. The molecule has 1 aromatic carbocycles. The van der Waals surface area contributed by atoms with Crippen LogP contribution < -0.4 is 15.8 Å². The zero-order valence-electron chi connectivity index (χ0n) is 12.0. The lowest BCUT2D eigenvalue weighted by Crippen LogP contribution is -2.29.